The van der Waals surface area contributed by atoms with E-state index in [4.69, 9.17) is 15.5 Å². The lowest BCUT2D eigenvalue weighted by atomic mass is 9.73. The number of hydrogen-bond donors (Lipinski definition) is 2. The first kappa shape index (κ1) is 21.5. The zero-order valence-electron chi connectivity index (χ0n) is 18.6. The number of rotatable bonds is 3. The molecular formula is C22H28BrN7O2. The molecule has 3 aliphatic heterocycles. The molecule has 0 unspecified atom stereocenters. The summed E-state index contributed by atoms with van der Waals surface area (Å²) >= 11 is 3.60. The third-order valence-electron chi connectivity index (χ3n) is 7.24. The maximum absolute atomic E-state index is 13.4. The van der Waals surface area contributed by atoms with Gasteiger partial charge in [0.1, 0.15) is 5.82 Å². The smallest absolute Gasteiger partial charge is 0.264 e. The van der Waals surface area contributed by atoms with Gasteiger partial charge in [0.15, 0.2) is 0 Å². The Balaban J connectivity index is 1.45. The molecule has 2 saturated heterocycles. The topological polar surface area (TPSA) is 111 Å². The fourth-order valence-corrected chi connectivity index (χ4v) is 5.77. The van der Waals surface area contributed by atoms with Crippen LogP contribution in [0.15, 0.2) is 26.5 Å². The molecule has 2 aromatic heterocycles. The fourth-order valence-electron chi connectivity index (χ4n) is 5.15. The Bertz CT molecular complexity index is 1150. The van der Waals surface area contributed by atoms with Gasteiger partial charge in [0.05, 0.1) is 40.7 Å². The van der Waals surface area contributed by atoms with Crippen molar-refractivity contribution in [2.24, 2.45) is 23.2 Å². The molecule has 9 nitrogen and oxygen atoms in total. The Morgan fingerprint density at radius 2 is 2.09 bits per heavy atom. The largest absolute Gasteiger partial charge is 0.376 e. The molecule has 0 amide bonds. The van der Waals surface area contributed by atoms with Crippen LogP contribution in [0.4, 0.5) is 11.8 Å². The number of aliphatic imine (C=N–C) groups is 1. The lowest BCUT2D eigenvalue weighted by molar-refractivity contribution is 0.0973. The van der Waals surface area contributed by atoms with Crippen LogP contribution in [0.2, 0.25) is 0 Å². The minimum Gasteiger partial charge on any atom is -0.376 e. The fraction of sp³-hybridized carbons (Fsp3) is 0.545. The summed E-state index contributed by atoms with van der Waals surface area (Å²) in [4.78, 5) is 29.5. The summed E-state index contributed by atoms with van der Waals surface area (Å²) in [6.45, 7) is 4.77. The van der Waals surface area contributed by atoms with Crippen molar-refractivity contribution in [1.82, 2.24) is 14.5 Å². The second-order valence-electron chi connectivity index (χ2n) is 8.92. The van der Waals surface area contributed by atoms with E-state index in [9.17, 15) is 4.79 Å². The van der Waals surface area contributed by atoms with Crippen LogP contribution in [0.25, 0.3) is 0 Å². The molecule has 1 spiro atoms. The van der Waals surface area contributed by atoms with E-state index in [0.29, 0.717) is 36.2 Å². The molecule has 170 valence electrons. The zero-order valence-corrected chi connectivity index (χ0v) is 20.1. The normalized spacial score (nSPS) is 24.0. The number of ether oxygens (including phenoxy) is 1. The van der Waals surface area contributed by atoms with Gasteiger partial charge in [0.2, 0.25) is 5.95 Å². The Morgan fingerprint density at radius 3 is 2.75 bits per heavy atom. The van der Waals surface area contributed by atoms with Gasteiger partial charge >= 0.3 is 0 Å². The molecule has 5 rings (SSSR count). The van der Waals surface area contributed by atoms with Gasteiger partial charge in [-0.2, -0.15) is 0 Å². The summed E-state index contributed by atoms with van der Waals surface area (Å²) in [6.07, 6.45) is 3.67. The van der Waals surface area contributed by atoms with E-state index in [1.54, 1.807) is 17.8 Å². The van der Waals surface area contributed by atoms with Crippen molar-refractivity contribution in [1.29, 1.82) is 0 Å². The van der Waals surface area contributed by atoms with E-state index in [1.165, 1.54) is 0 Å². The van der Waals surface area contributed by atoms with Gasteiger partial charge in [0, 0.05) is 50.4 Å². The van der Waals surface area contributed by atoms with Crippen molar-refractivity contribution in [3.8, 4) is 0 Å². The summed E-state index contributed by atoms with van der Waals surface area (Å²) in [5.74, 6) is 1.40. The van der Waals surface area contributed by atoms with Gasteiger partial charge in [-0.05, 0) is 41.8 Å². The van der Waals surface area contributed by atoms with Crippen molar-refractivity contribution < 1.29 is 4.74 Å². The number of aromatic nitrogens is 3. The van der Waals surface area contributed by atoms with Crippen molar-refractivity contribution >= 4 is 33.4 Å². The molecule has 2 atom stereocenters. The number of anilines is 2. The summed E-state index contributed by atoms with van der Waals surface area (Å²) < 4.78 is 8.28. The monoisotopic (exact) mass is 501 g/mol. The van der Waals surface area contributed by atoms with Crippen LogP contribution in [0, 0.1) is 5.41 Å². The first-order valence-corrected chi connectivity index (χ1v) is 11.7. The molecule has 3 aliphatic rings. The van der Waals surface area contributed by atoms with E-state index in [-0.39, 0.29) is 23.1 Å². The SMILES string of the molecule is CNc1nccc(C2=NCc3nc(N4CCC5(CC4)CO[C@@H](C)[C@H]5N)n(C)c(=O)c32)c1Br. The molecule has 0 radical (unpaired) electrons. The molecule has 10 heteroatoms. The maximum Gasteiger partial charge on any atom is 0.264 e. The second kappa shape index (κ2) is 7.93. The number of halogens is 1. The first-order valence-electron chi connectivity index (χ1n) is 11.0. The van der Waals surface area contributed by atoms with Gasteiger partial charge in [-0.3, -0.25) is 14.4 Å². The predicted octanol–water partition coefficient (Wildman–Crippen LogP) is 1.66. The van der Waals surface area contributed by atoms with Crippen molar-refractivity contribution in [3.05, 3.63) is 43.9 Å². The molecule has 2 fully saturated rings. The average Bonchev–Trinajstić information content (AvgIpc) is 3.34. The van der Waals surface area contributed by atoms with Crippen LogP contribution in [-0.4, -0.2) is 59.1 Å². The Morgan fingerprint density at radius 1 is 1.34 bits per heavy atom. The summed E-state index contributed by atoms with van der Waals surface area (Å²) in [5.41, 5.74) is 9.19. The third kappa shape index (κ3) is 3.19. The average molecular weight is 502 g/mol. The first-order chi connectivity index (χ1) is 15.4. The van der Waals surface area contributed by atoms with E-state index < -0.39 is 0 Å². The molecule has 0 aliphatic carbocycles. The molecule has 0 bridgehead atoms. The highest BCUT2D eigenvalue weighted by atomic mass is 79.9. The quantitative estimate of drug-likeness (QED) is 0.657. The molecular weight excluding hydrogens is 474 g/mol. The molecule has 5 heterocycles. The standard InChI is InChI=1S/C22H28BrN7O2/c1-12-18(24)22(11-32-12)5-8-30(9-6-22)21-28-14-10-27-17(15(14)20(31)29(21)3)13-4-7-26-19(25-2)16(13)23/h4,7,12,18H,5-6,8-11,24H2,1-3H3,(H,25,26)/t12-,18+/m0/s1. The van der Waals surface area contributed by atoms with E-state index in [1.807, 2.05) is 13.1 Å². The van der Waals surface area contributed by atoms with Crippen LogP contribution < -0.4 is 21.5 Å². The minimum atomic E-state index is -0.0780. The highest BCUT2D eigenvalue weighted by Crippen LogP contribution is 2.41. The number of nitrogens with zero attached hydrogens (tertiary/aromatic N) is 5. The number of hydrogen-bond acceptors (Lipinski definition) is 8. The van der Waals surface area contributed by atoms with E-state index in [2.05, 4.69) is 43.0 Å². The summed E-state index contributed by atoms with van der Waals surface area (Å²) in [5, 5.41) is 3.05. The second-order valence-corrected chi connectivity index (χ2v) is 9.72. The molecule has 0 aromatic carbocycles. The Hall–Kier alpha value is -2.30. The Labute approximate surface area is 195 Å². The molecule has 0 saturated carbocycles. The van der Waals surface area contributed by atoms with Gasteiger partial charge in [-0.15, -0.1) is 0 Å². The third-order valence-corrected chi connectivity index (χ3v) is 8.04. The van der Waals surface area contributed by atoms with Crippen LogP contribution in [0.5, 0.6) is 0 Å². The van der Waals surface area contributed by atoms with E-state index >= 15 is 0 Å². The molecule has 2 aromatic rings. The number of nitrogens with one attached hydrogen (secondary N) is 1. The highest BCUT2D eigenvalue weighted by Gasteiger charge is 2.48. The van der Waals surface area contributed by atoms with Crippen molar-refractivity contribution in [2.75, 3.05) is 37.0 Å². The lowest BCUT2D eigenvalue weighted by Gasteiger charge is -2.41. The zero-order chi connectivity index (χ0) is 22.6. The number of piperidine rings is 1. The number of fused-ring (bicyclic) bond motifs is 1. The molecule has 3 N–H and O–H groups in total. The van der Waals surface area contributed by atoms with Gasteiger partial charge in [-0.1, -0.05) is 0 Å². The van der Waals surface area contributed by atoms with Crippen LogP contribution in [-0.2, 0) is 18.3 Å². The summed E-state index contributed by atoms with van der Waals surface area (Å²) in [7, 11) is 3.60. The van der Waals surface area contributed by atoms with E-state index in [0.717, 1.165) is 41.7 Å². The predicted molar refractivity (Wildman–Crippen MR) is 128 cm³/mol. The van der Waals surface area contributed by atoms with Crippen LogP contribution in [0.3, 0.4) is 0 Å². The van der Waals surface area contributed by atoms with Gasteiger partial charge in [0.25, 0.3) is 5.56 Å². The maximum atomic E-state index is 13.4. The van der Waals surface area contributed by atoms with Crippen LogP contribution >= 0.6 is 15.9 Å². The van der Waals surface area contributed by atoms with Crippen LogP contribution in [0.1, 0.15) is 36.6 Å². The Kier molecular flexibility index (Phi) is 5.34. The summed E-state index contributed by atoms with van der Waals surface area (Å²) in [6, 6.07) is 1.92. The molecule has 32 heavy (non-hydrogen) atoms. The number of nitrogens with two attached hydrogens (primary N) is 1. The van der Waals surface area contributed by atoms with Gasteiger partial charge < -0.3 is 20.7 Å². The highest BCUT2D eigenvalue weighted by molar-refractivity contribution is 9.10. The van der Waals surface area contributed by atoms with Crippen molar-refractivity contribution in [2.45, 2.75) is 38.5 Å². The van der Waals surface area contributed by atoms with Crippen molar-refractivity contribution in [3.63, 3.8) is 0 Å². The minimum absolute atomic E-state index is 0.0282. The number of pyridine rings is 1. The van der Waals surface area contributed by atoms with Gasteiger partial charge in [-0.25, -0.2) is 9.97 Å². The lowest BCUT2D eigenvalue weighted by Crippen LogP contribution is -2.51.